The molecule has 1 atom stereocenters. The maximum atomic E-state index is 14.6. The third kappa shape index (κ3) is 7.51. The second kappa shape index (κ2) is 13.9. The van der Waals surface area contributed by atoms with E-state index in [9.17, 15) is 26.8 Å². The van der Waals surface area contributed by atoms with E-state index in [-0.39, 0.29) is 28.4 Å². The van der Waals surface area contributed by atoms with Crippen LogP contribution in [0.4, 0.5) is 14.5 Å². The second-order valence-corrected chi connectivity index (χ2v) is 10.9. The minimum atomic E-state index is -4.44. The fourth-order valence-electron chi connectivity index (χ4n) is 4.03. The Hall–Kier alpha value is -4.19. The summed E-state index contributed by atoms with van der Waals surface area (Å²) in [6.07, 6.45) is 0.654. The van der Waals surface area contributed by atoms with E-state index in [1.807, 2.05) is 6.92 Å². The zero-order chi connectivity index (χ0) is 30.2. The molecule has 0 aliphatic rings. The Morgan fingerprint density at radius 3 is 2.22 bits per heavy atom. The first-order valence-electron chi connectivity index (χ1n) is 12.8. The number of carbonyl (C=O) groups excluding carboxylic acids is 2. The minimum Gasteiger partial charge on any atom is -0.493 e. The standard InChI is InChI=1S/C29H33F2N3O6S/c1-5-16-32-29(36)20(2)33(18-21-8-6-7-9-25(21)31)28(35)19-34(23-12-10-22(30)11-13-23)41(37,38)24-14-15-26(39-3)27(17-24)40-4/h6-15,17,20H,5,16,18-19H2,1-4H3,(H,32,36)/t20-/m0/s1. The highest BCUT2D eigenvalue weighted by molar-refractivity contribution is 7.92. The van der Waals surface area contributed by atoms with Crippen LogP contribution in [-0.4, -0.2) is 58.5 Å². The van der Waals surface area contributed by atoms with Crippen LogP contribution in [0.2, 0.25) is 0 Å². The fraction of sp³-hybridized carbons (Fsp3) is 0.310. The summed E-state index contributed by atoms with van der Waals surface area (Å²) in [5.74, 6) is -2.01. The van der Waals surface area contributed by atoms with Gasteiger partial charge < -0.3 is 19.7 Å². The third-order valence-electron chi connectivity index (χ3n) is 6.35. The molecule has 0 radical (unpaired) electrons. The summed E-state index contributed by atoms with van der Waals surface area (Å²) >= 11 is 0. The van der Waals surface area contributed by atoms with E-state index in [1.165, 1.54) is 69.7 Å². The first-order chi connectivity index (χ1) is 19.5. The van der Waals surface area contributed by atoms with Gasteiger partial charge >= 0.3 is 0 Å². The molecule has 3 aromatic carbocycles. The molecule has 0 saturated heterocycles. The summed E-state index contributed by atoms with van der Waals surface area (Å²) in [4.78, 5) is 27.6. The van der Waals surface area contributed by atoms with Crippen molar-refractivity contribution in [3.8, 4) is 11.5 Å². The molecule has 0 aliphatic heterocycles. The lowest BCUT2D eigenvalue weighted by Crippen LogP contribution is -2.51. The van der Waals surface area contributed by atoms with E-state index in [1.54, 1.807) is 6.07 Å². The van der Waals surface area contributed by atoms with E-state index < -0.39 is 46.1 Å². The zero-order valence-electron chi connectivity index (χ0n) is 23.3. The molecule has 0 aromatic heterocycles. The Balaban J connectivity index is 2.07. The van der Waals surface area contributed by atoms with Gasteiger partial charge in [0.15, 0.2) is 11.5 Å². The van der Waals surface area contributed by atoms with Gasteiger partial charge in [-0.3, -0.25) is 13.9 Å². The molecule has 0 aliphatic carbocycles. The van der Waals surface area contributed by atoms with Crippen LogP contribution in [0.5, 0.6) is 11.5 Å². The number of benzene rings is 3. The van der Waals surface area contributed by atoms with Gasteiger partial charge in [-0.1, -0.05) is 25.1 Å². The van der Waals surface area contributed by atoms with Crippen molar-refractivity contribution in [1.82, 2.24) is 10.2 Å². The van der Waals surface area contributed by atoms with Crippen LogP contribution in [0.1, 0.15) is 25.8 Å². The number of methoxy groups -OCH3 is 2. The van der Waals surface area contributed by atoms with Crippen molar-refractivity contribution < 1.29 is 36.3 Å². The van der Waals surface area contributed by atoms with Gasteiger partial charge in [0.2, 0.25) is 11.8 Å². The molecule has 2 amide bonds. The van der Waals surface area contributed by atoms with E-state index in [4.69, 9.17) is 9.47 Å². The molecule has 0 bridgehead atoms. The molecular formula is C29H33F2N3O6S. The predicted molar refractivity (Wildman–Crippen MR) is 150 cm³/mol. The molecule has 41 heavy (non-hydrogen) atoms. The molecule has 9 nitrogen and oxygen atoms in total. The Kier molecular flexibility index (Phi) is 10.6. The smallest absolute Gasteiger partial charge is 0.264 e. The van der Waals surface area contributed by atoms with Gasteiger partial charge in [0.1, 0.15) is 24.2 Å². The number of hydrogen-bond acceptors (Lipinski definition) is 6. The van der Waals surface area contributed by atoms with Gasteiger partial charge in [-0.25, -0.2) is 17.2 Å². The van der Waals surface area contributed by atoms with Crippen LogP contribution in [0.25, 0.3) is 0 Å². The number of halogens is 2. The number of rotatable bonds is 13. The lowest BCUT2D eigenvalue weighted by atomic mass is 10.1. The van der Waals surface area contributed by atoms with Crippen LogP contribution >= 0.6 is 0 Å². The minimum absolute atomic E-state index is 0.00321. The van der Waals surface area contributed by atoms with E-state index in [0.29, 0.717) is 18.7 Å². The van der Waals surface area contributed by atoms with Crippen LogP contribution in [0.3, 0.4) is 0 Å². The van der Waals surface area contributed by atoms with Gasteiger partial charge in [0.05, 0.1) is 24.8 Å². The fourth-order valence-corrected chi connectivity index (χ4v) is 5.46. The average molecular weight is 590 g/mol. The van der Waals surface area contributed by atoms with Gasteiger partial charge in [0.25, 0.3) is 10.0 Å². The Morgan fingerprint density at radius 1 is 0.951 bits per heavy atom. The largest absolute Gasteiger partial charge is 0.493 e. The Labute approximate surface area is 238 Å². The van der Waals surface area contributed by atoms with Crippen LogP contribution in [-0.2, 0) is 26.2 Å². The highest BCUT2D eigenvalue weighted by Gasteiger charge is 2.33. The summed E-state index contributed by atoms with van der Waals surface area (Å²) in [6.45, 7) is 2.66. The topological polar surface area (TPSA) is 105 Å². The van der Waals surface area contributed by atoms with E-state index in [0.717, 1.165) is 21.3 Å². The van der Waals surface area contributed by atoms with Crippen molar-refractivity contribution in [2.45, 2.75) is 37.8 Å². The number of nitrogens with zero attached hydrogens (tertiary/aromatic N) is 2. The lowest BCUT2D eigenvalue weighted by molar-refractivity contribution is -0.139. The van der Waals surface area contributed by atoms with Crippen LogP contribution < -0.4 is 19.1 Å². The lowest BCUT2D eigenvalue weighted by Gasteiger charge is -2.32. The van der Waals surface area contributed by atoms with Crippen molar-refractivity contribution in [2.24, 2.45) is 0 Å². The predicted octanol–water partition coefficient (Wildman–Crippen LogP) is 4.12. The summed E-state index contributed by atoms with van der Waals surface area (Å²) in [7, 11) is -1.69. The third-order valence-corrected chi connectivity index (χ3v) is 8.12. The highest BCUT2D eigenvalue weighted by Crippen LogP contribution is 2.32. The van der Waals surface area contributed by atoms with Crippen molar-refractivity contribution in [2.75, 3.05) is 31.6 Å². The molecule has 0 heterocycles. The highest BCUT2D eigenvalue weighted by atomic mass is 32.2. The van der Waals surface area contributed by atoms with E-state index >= 15 is 0 Å². The number of hydrogen-bond donors (Lipinski definition) is 1. The van der Waals surface area contributed by atoms with Crippen molar-refractivity contribution >= 4 is 27.5 Å². The molecule has 0 spiro atoms. The van der Waals surface area contributed by atoms with Gasteiger partial charge in [-0.05, 0) is 55.8 Å². The Morgan fingerprint density at radius 2 is 1.61 bits per heavy atom. The number of carbonyl (C=O) groups is 2. The molecule has 3 aromatic rings. The number of anilines is 1. The van der Waals surface area contributed by atoms with Crippen LogP contribution in [0, 0.1) is 11.6 Å². The SMILES string of the molecule is CCCNC(=O)[C@H](C)N(Cc1ccccc1F)C(=O)CN(c1ccc(F)cc1)S(=O)(=O)c1ccc(OC)c(OC)c1. The molecule has 1 N–H and O–H groups in total. The van der Waals surface area contributed by atoms with Crippen LogP contribution in [0.15, 0.2) is 71.6 Å². The monoisotopic (exact) mass is 589 g/mol. The maximum Gasteiger partial charge on any atom is 0.264 e. The maximum absolute atomic E-state index is 14.6. The number of nitrogens with one attached hydrogen (secondary N) is 1. The summed E-state index contributed by atoms with van der Waals surface area (Å²) in [5.41, 5.74) is 0.149. The summed E-state index contributed by atoms with van der Waals surface area (Å²) in [5, 5.41) is 2.71. The van der Waals surface area contributed by atoms with Gasteiger partial charge in [-0.15, -0.1) is 0 Å². The van der Waals surface area contributed by atoms with Crippen molar-refractivity contribution in [3.63, 3.8) is 0 Å². The first-order valence-corrected chi connectivity index (χ1v) is 14.3. The first kappa shape index (κ1) is 31.3. The number of ether oxygens (including phenoxy) is 2. The summed E-state index contributed by atoms with van der Waals surface area (Å²) in [6, 6.07) is 13.2. The molecule has 3 rings (SSSR count). The molecular weight excluding hydrogens is 556 g/mol. The van der Waals surface area contributed by atoms with Gasteiger partial charge in [0, 0.05) is 24.7 Å². The molecule has 220 valence electrons. The Bertz CT molecular complexity index is 1470. The quantitative estimate of drug-likeness (QED) is 0.322. The van der Waals surface area contributed by atoms with Crippen molar-refractivity contribution in [1.29, 1.82) is 0 Å². The molecule has 12 heteroatoms. The van der Waals surface area contributed by atoms with Crippen molar-refractivity contribution in [3.05, 3.63) is 83.9 Å². The number of amides is 2. The zero-order valence-corrected chi connectivity index (χ0v) is 24.1. The molecule has 0 saturated carbocycles. The average Bonchev–Trinajstić information content (AvgIpc) is 2.97. The molecule has 0 fully saturated rings. The normalized spacial score (nSPS) is 11.9. The second-order valence-electron chi connectivity index (χ2n) is 9.08. The number of sulfonamides is 1. The van der Waals surface area contributed by atoms with E-state index in [2.05, 4.69) is 5.32 Å². The van der Waals surface area contributed by atoms with Gasteiger partial charge in [-0.2, -0.15) is 0 Å². The molecule has 0 unspecified atom stereocenters. The summed E-state index contributed by atoms with van der Waals surface area (Å²) < 4.78 is 67.5.